The summed E-state index contributed by atoms with van der Waals surface area (Å²) in [5.41, 5.74) is 5.12. The number of aromatic nitrogens is 1. The quantitative estimate of drug-likeness (QED) is 0.569. The van der Waals surface area contributed by atoms with Crippen molar-refractivity contribution < 1.29 is 13.5 Å². The van der Waals surface area contributed by atoms with Crippen LogP contribution in [-0.4, -0.2) is 30.9 Å². The molecule has 0 radical (unpaired) electrons. The molecule has 4 rings (SSSR count). The summed E-state index contributed by atoms with van der Waals surface area (Å²) in [7, 11) is -3.79. The maximum absolute atomic E-state index is 11.4. The SMILES string of the molecule is Cc1ccc(-c2csc(C3=C(O)CN(c4ccc(S(N)(=O)=O)cc4)C3=N)n2)cc1C. The van der Waals surface area contributed by atoms with Gasteiger partial charge >= 0.3 is 0 Å². The van der Waals surface area contributed by atoms with Gasteiger partial charge in [-0.2, -0.15) is 0 Å². The molecular weight excluding hydrogens is 420 g/mol. The van der Waals surface area contributed by atoms with E-state index in [4.69, 9.17) is 10.5 Å². The molecule has 0 bridgehead atoms. The van der Waals surface area contributed by atoms with Gasteiger partial charge in [0.2, 0.25) is 10.0 Å². The summed E-state index contributed by atoms with van der Waals surface area (Å²) in [4.78, 5) is 6.23. The minimum absolute atomic E-state index is 0.00709. The van der Waals surface area contributed by atoms with Crippen molar-refractivity contribution >= 4 is 38.5 Å². The highest BCUT2D eigenvalue weighted by molar-refractivity contribution is 7.89. The molecule has 1 aromatic heterocycles. The number of aryl methyl sites for hydroxylation is 2. The number of aliphatic hydroxyl groups excluding tert-OH is 1. The van der Waals surface area contributed by atoms with Crippen LogP contribution in [0.4, 0.5) is 5.69 Å². The summed E-state index contributed by atoms with van der Waals surface area (Å²) in [5, 5.41) is 26.7. The van der Waals surface area contributed by atoms with E-state index in [1.54, 1.807) is 17.0 Å². The van der Waals surface area contributed by atoms with Gasteiger partial charge in [0.15, 0.2) is 0 Å². The first-order valence-corrected chi connectivity index (χ1v) is 11.5. The number of anilines is 1. The molecule has 2 aromatic carbocycles. The minimum Gasteiger partial charge on any atom is -0.510 e. The number of hydrogen-bond acceptors (Lipinski definition) is 6. The van der Waals surface area contributed by atoms with Gasteiger partial charge in [0, 0.05) is 16.6 Å². The molecule has 3 aromatic rings. The fraction of sp³-hybridized carbons (Fsp3) is 0.143. The van der Waals surface area contributed by atoms with Gasteiger partial charge in [-0.3, -0.25) is 5.41 Å². The zero-order valence-corrected chi connectivity index (χ0v) is 18.0. The normalized spacial score (nSPS) is 14.6. The van der Waals surface area contributed by atoms with Crippen LogP contribution in [0, 0.1) is 19.3 Å². The van der Waals surface area contributed by atoms with E-state index in [0.717, 1.165) is 11.3 Å². The molecule has 0 saturated carbocycles. The van der Waals surface area contributed by atoms with Crippen molar-refractivity contribution in [2.24, 2.45) is 5.14 Å². The Balaban J connectivity index is 1.62. The summed E-state index contributed by atoms with van der Waals surface area (Å²) in [6.45, 7) is 4.21. The van der Waals surface area contributed by atoms with Gasteiger partial charge in [0.25, 0.3) is 0 Å². The van der Waals surface area contributed by atoms with E-state index in [0.29, 0.717) is 16.3 Å². The summed E-state index contributed by atoms with van der Waals surface area (Å²) in [6, 6.07) is 12.0. The van der Waals surface area contributed by atoms with E-state index in [2.05, 4.69) is 18.0 Å². The summed E-state index contributed by atoms with van der Waals surface area (Å²) in [6.07, 6.45) is 0. The highest BCUT2D eigenvalue weighted by Gasteiger charge is 2.31. The molecule has 0 atom stereocenters. The number of thiazole rings is 1. The molecule has 0 unspecified atom stereocenters. The standard InChI is InChI=1S/C21H20N4O3S2/c1-12-3-4-14(9-13(12)2)17-11-29-21(24-17)19-18(26)10-25(20(19)22)15-5-7-16(8-6-15)30(23,27)28/h3-9,11,22,26H,10H2,1-2H3,(H2,23,27,28). The Labute approximate surface area is 178 Å². The van der Waals surface area contributed by atoms with Crippen LogP contribution in [-0.2, 0) is 10.0 Å². The van der Waals surface area contributed by atoms with E-state index in [1.165, 1.54) is 34.6 Å². The molecule has 0 saturated heterocycles. The average Bonchev–Trinajstić information content (AvgIpc) is 3.28. The Morgan fingerprint density at radius 3 is 2.47 bits per heavy atom. The van der Waals surface area contributed by atoms with Crippen molar-refractivity contribution in [2.75, 3.05) is 11.4 Å². The Morgan fingerprint density at radius 1 is 1.13 bits per heavy atom. The summed E-state index contributed by atoms with van der Waals surface area (Å²) >= 11 is 1.37. The molecule has 0 spiro atoms. The van der Waals surface area contributed by atoms with Crippen LogP contribution < -0.4 is 10.0 Å². The molecule has 1 aliphatic rings. The first-order chi connectivity index (χ1) is 14.1. The molecule has 154 valence electrons. The number of benzene rings is 2. The zero-order valence-electron chi connectivity index (χ0n) is 16.4. The summed E-state index contributed by atoms with van der Waals surface area (Å²) in [5.74, 6) is 0.161. The molecule has 0 amide bonds. The first-order valence-electron chi connectivity index (χ1n) is 9.10. The van der Waals surface area contributed by atoms with Crippen molar-refractivity contribution in [3.63, 3.8) is 0 Å². The van der Waals surface area contributed by atoms with Crippen molar-refractivity contribution in [3.8, 4) is 11.3 Å². The zero-order chi connectivity index (χ0) is 21.6. The van der Waals surface area contributed by atoms with E-state index < -0.39 is 10.0 Å². The van der Waals surface area contributed by atoms with Crippen LogP contribution in [0.1, 0.15) is 16.1 Å². The van der Waals surface area contributed by atoms with Crippen LogP contribution >= 0.6 is 11.3 Å². The van der Waals surface area contributed by atoms with Crippen LogP contribution in [0.2, 0.25) is 0 Å². The Bertz CT molecular complexity index is 1290. The first kappa shape index (κ1) is 20.3. The third-order valence-corrected chi connectivity index (χ3v) is 6.89. The molecule has 4 N–H and O–H groups in total. The van der Waals surface area contributed by atoms with E-state index in [1.807, 2.05) is 24.4 Å². The number of rotatable bonds is 4. The van der Waals surface area contributed by atoms with Gasteiger partial charge in [0.1, 0.15) is 16.6 Å². The third-order valence-electron chi connectivity index (χ3n) is 5.10. The van der Waals surface area contributed by atoms with E-state index >= 15 is 0 Å². The average molecular weight is 441 g/mol. The number of sulfonamides is 1. The second-order valence-corrected chi connectivity index (χ2v) is 9.55. The summed E-state index contributed by atoms with van der Waals surface area (Å²) < 4.78 is 22.9. The lowest BCUT2D eigenvalue weighted by molar-refractivity contribution is 0.411. The lowest BCUT2D eigenvalue weighted by atomic mass is 10.1. The second kappa shape index (κ2) is 7.35. The van der Waals surface area contributed by atoms with Crippen molar-refractivity contribution in [3.05, 3.63) is 69.7 Å². The van der Waals surface area contributed by atoms with E-state index in [9.17, 15) is 13.5 Å². The van der Waals surface area contributed by atoms with E-state index in [-0.39, 0.29) is 23.0 Å². The van der Waals surface area contributed by atoms with Gasteiger partial charge in [-0.05, 0) is 55.3 Å². The molecule has 0 fully saturated rings. The highest BCUT2D eigenvalue weighted by Crippen LogP contribution is 2.34. The maximum Gasteiger partial charge on any atom is 0.238 e. The van der Waals surface area contributed by atoms with Crippen LogP contribution in [0.25, 0.3) is 16.8 Å². The number of nitrogens with zero attached hydrogens (tertiary/aromatic N) is 2. The van der Waals surface area contributed by atoms with Gasteiger partial charge in [0.05, 0.1) is 22.7 Å². The topological polar surface area (TPSA) is 120 Å². The van der Waals surface area contributed by atoms with Crippen molar-refractivity contribution in [2.45, 2.75) is 18.7 Å². The Morgan fingerprint density at radius 2 is 1.83 bits per heavy atom. The number of hydrogen-bond donors (Lipinski definition) is 3. The Kier molecular flexibility index (Phi) is 4.97. The molecular formula is C21H20N4O3S2. The number of primary sulfonamides is 1. The predicted molar refractivity (Wildman–Crippen MR) is 119 cm³/mol. The smallest absolute Gasteiger partial charge is 0.238 e. The number of nitrogens with two attached hydrogens (primary N) is 1. The molecule has 7 nitrogen and oxygen atoms in total. The van der Waals surface area contributed by atoms with Crippen molar-refractivity contribution in [1.82, 2.24) is 4.98 Å². The molecule has 0 aliphatic carbocycles. The molecule has 1 aliphatic heterocycles. The number of amidine groups is 1. The number of aliphatic hydroxyl groups is 1. The largest absolute Gasteiger partial charge is 0.510 e. The van der Waals surface area contributed by atoms with Gasteiger partial charge < -0.3 is 10.0 Å². The second-order valence-electron chi connectivity index (χ2n) is 7.13. The number of nitrogens with one attached hydrogen (secondary N) is 1. The predicted octanol–water partition coefficient (Wildman–Crippen LogP) is 3.84. The highest BCUT2D eigenvalue weighted by atomic mass is 32.2. The van der Waals surface area contributed by atoms with Gasteiger partial charge in [-0.1, -0.05) is 12.1 Å². The minimum atomic E-state index is -3.79. The maximum atomic E-state index is 11.4. The fourth-order valence-corrected chi connectivity index (χ4v) is 4.67. The monoisotopic (exact) mass is 440 g/mol. The molecule has 9 heteroatoms. The van der Waals surface area contributed by atoms with Crippen LogP contribution in [0.5, 0.6) is 0 Å². The lowest BCUT2D eigenvalue weighted by Crippen LogP contribution is -2.26. The van der Waals surface area contributed by atoms with Gasteiger partial charge in [-0.25, -0.2) is 18.5 Å². The van der Waals surface area contributed by atoms with Crippen molar-refractivity contribution in [1.29, 1.82) is 5.41 Å². The molecule has 30 heavy (non-hydrogen) atoms. The lowest BCUT2D eigenvalue weighted by Gasteiger charge is -2.18. The molecule has 2 heterocycles. The van der Waals surface area contributed by atoms with Crippen LogP contribution in [0.15, 0.2) is 58.5 Å². The van der Waals surface area contributed by atoms with Gasteiger partial charge in [-0.15, -0.1) is 11.3 Å². The van der Waals surface area contributed by atoms with Crippen LogP contribution in [0.3, 0.4) is 0 Å². The Hall–Kier alpha value is -3.01. The fourth-order valence-electron chi connectivity index (χ4n) is 3.26. The third kappa shape index (κ3) is 3.62.